The molecule has 0 bridgehead atoms. The first-order chi connectivity index (χ1) is 14.4. The van der Waals surface area contributed by atoms with Gasteiger partial charge in [-0.15, -0.1) is 0 Å². The number of anilines is 1. The van der Waals surface area contributed by atoms with Crippen LogP contribution in [0.3, 0.4) is 0 Å². The first-order valence-corrected chi connectivity index (χ1v) is 10.9. The Bertz CT molecular complexity index is 1130. The number of hydrogen-bond acceptors (Lipinski definition) is 3. The highest BCUT2D eigenvalue weighted by Gasteiger charge is 2.09. The summed E-state index contributed by atoms with van der Waals surface area (Å²) < 4.78 is 40.4. The molecule has 3 aromatic rings. The Labute approximate surface area is 175 Å². The van der Waals surface area contributed by atoms with E-state index < -0.39 is 10.0 Å². The van der Waals surface area contributed by atoms with Gasteiger partial charge in [-0.25, -0.2) is 12.8 Å². The van der Waals surface area contributed by atoms with Gasteiger partial charge in [-0.05, 0) is 54.0 Å². The summed E-state index contributed by atoms with van der Waals surface area (Å²) in [4.78, 5) is 12.2. The topological polar surface area (TPSA) is 75.3 Å². The van der Waals surface area contributed by atoms with Gasteiger partial charge in [0.05, 0.1) is 5.41 Å². The van der Waals surface area contributed by atoms with Crippen LogP contribution in [0.5, 0.6) is 0 Å². The molecule has 0 atom stereocenters. The molecule has 5 nitrogen and oxygen atoms in total. The maximum Gasteiger partial charge on any atom is 0.255 e. The molecule has 0 heterocycles. The number of rotatable bonds is 8. The van der Waals surface area contributed by atoms with Crippen LogP contribution >= 0.6 is 0 Å². The summed E-state index contributed by atoms with van der Waals surface area (Å²) in [7, 11) is -3.68. The summed E-state index contributed by atoms with van der Waals surface area (Å²) in [6.45, 7) is 0.290. The van der Waals surface area contributed by atoms with E-state index >= 15 is 0 Å². The lowest BCUT2D eigenvalue weighted by Gasteiger charge is -2.08. The Kier molecular flexibility index (Phi) is 6.98. The first-order valence-electron chi connectivity index (χ1n) is 9.30. The molecule has 0 radical (unpaired) electrons. The van der Waals surface area contributed by atoms with Crippen LogP contribution in [0, 0.1) is 5.82 Å². The van der Waals surface area contributed by atoms with Crippen molar-refractivity contribution >= 4 is 27.7 Å². The Morgan fingerprint density at radius 1 is 0.900 bits per heavy atom. The number of carbonyl (C=O) groups excluding carboxylic acids is 1. The molecule has 7 heteroatoms. The number of hydrogen-bond donors (Lipinski definition) is 2. The highest BCUT2D eigenvalue weighted by molar-refractivity contribution is 7.95. The second-order valence-corrected chi connectivity index (χ2v) is 8.10. The van der Waals surface area contributed by atoms with Gasteiger partial charge in [0.25, 0.3) is 15.9 Å². The highest BCUT2D eigenvalue weighted by Crippen LogP contribution is 2.13. The Balaban J connectivity index is 1.54. The number of benzene rings is 3. The zero-order valence-corrected chi connectivity index (χ0v) is 16.9. The van der Waals surface area contributed by atoms with Crippen LogP contribution < -0.4 is 10.0 Å². The predicted octanol–water partition coefficient (Wildman–Crippen LogP) is 4.21. The quantitative estimate of drug-likeness (QED) is 0.569. The average Bonchev–Trinajstić information content (AvgIpc) is 2.75. The first kappa shape index (κ1) is 21.3. The molecule has 0 aliphatic heterocycles. The van der Waals surface area contributed by atoms with Crippen molar-refractivity contribution in [3.05, 3.63) is 107 Å². The van der Waals surface area contributed by atoms with Crippen molar-refractivity contribution in [1.82, 2.24) is 5.32 Å². The van der Waals surface area contributed by atoms with Crippen LogP contribution in [0.15, 0.2) is 84.3 Å². The standard InChI is InChI=1S/C23H21FN2O3S/c24-22-9-5-4-8-19(22)14-16-25-23(27)20-10-12-21(13-11-20)26-30(28,29)17-15-18-6-2-1-3-7-18/h1-13,15,17,26H,14,16H2,(H,25,27)/b17-15+. The molecule has 154 valence electrons. The van der Waals surface area contributed by atoms with E-state index in [2.05, 4.69) is 10.0 Å². The van der Waals surface area contributed by atoms with Crippen LogP contribution in [-0.4, -0.2) is 20.9 Å². The summed E-state index contributed by atoms with van der Waals surface area (Å²) in [5.74, 6) is -0.616. The lowest BCUT2D eigenvalue weighted by Crippen LogP contribution is -2.25. The van der Waals surface area contributed by atoms with Crippen molar-refractivity contribution in [3.8, 4) is 0 Å². The molecule has 0 spiro atoms. The fourth-order valence-electron chi connectivity index (χ4n) is 2.73. The lowest BCUT2D eigenvalue weighted by molar-refractivity contribution is 0.0954. The monoisotopic (exact) mass is 424 g/mol. The predicted molar refractivity (Wildman–Crippen MR) is 117 cm³/mol. The van der Waals surface area contributed by atoms with E-state index in [1.807, 2.05) is 18.2 Å². The fraction of sp³-hybridized carbons (Fsp3) is 0.0870. The summed E-state index contributed by atoms with van der Waals surface area (Å²) in [6, 6.07) is 21.6. The SMILES string of the molecule is O=C(NCCc1ccccc1F)c1ccc(NS(=O)(=O)/C=C/c2ccccc2)cc1. The molecule has 1 amide bonds. The molecule has 0 saturated heterocycles. The van der Waals surface area contributed by atoms with E-state index in [0.717, 1.165) is 11.0 Å². The van der Waals surface area contributed by atoms with Crippen LogP contribution in [0.25, 0.3) is 6.08 Å². The summed E-state index contributed by atoms with van der Waals surface area (Å²) in [5.41, 5.74) is 2.03. The van der Waals surface area contributed by atoms with Gasteiger partial charge in [0.1, 0.15) is 5.82 Å². The molecule has 3 aromatic carbocycles. The molecule has 0 unspecified atom stereocenters. The number of nitrogens with one attached hydrogen (secondary N) is 2. The van der Waals surface area contributed by atoms with Gasteiger partial charge in [0.2, 0.25) is 0 Å². The Hall–Kier alpha value is -3.45. The number of halogens is 1. The normalized spacial score (nSPS) is 11.4. The van der Waals surface area contributed by atoms with Crippen molar-refractivity contribution in [3.63, 3.8) is 0 Å². The van der Waals surface area contributed by atoms with E-state index in [0.29, 0.717) is 29.8 Å². The molecule has 0 fully saturated rings. The van der Waals surface area contributed by atoms with Gasteiger partial charge in [-0.1, -0.05) is 48.5 Å². The minimum atomic E-state index is -3.68. The van der Waals surface area contributed by atoms with E-state index in [1.54, 1.807) is 30.3 Å². The van der Waals surface area contributed by atoms with Crippen molar-refractivity contribution in [2.75, 3.05) is 11.3 Å². The van der Waals surface area contributed by atoms with Gasteiger partial charge >= 0.3 is 0 Å². The molecule has 0 aromatic heterocycles. The molecule has 2 N–H and O–H groups in total. The minimum Gasteiger partial charge on any atom is -0.352 e. The number of amides is 1. The van der Waals surface area contributed by atoms with Crippen molar-refractivity contribution in [1.29, 1.82) is 0 Å². The van der Waals surface area contributed by atoms with Gasteiger partial charge < -0.3 is 5.32 Å². The van der Waals surface area contributed by atoms with Gasteiger partial charge in [0, 0.05) is 17.8 Å². The summed E-state index contributed by atoms with van der Waals surface area (Å²) in [6.07, 6.45) is 1.88. The van der Waals surface area contributed by atoms with Crippen molar-refractivity contribution < 1.29 is 17.6 Å². The number of carbonyl (C=O) groups is 1. The third-order valence-corrected chi connectivity index (χ3v) is 5.30. The zero-order chi connectivity index (χ0) is 21.4. The van der Waals surface area contributed by atoms with E-state index in [9.17, 15) is 17.6 Å². The second-order valence-electron chi connectivity index (χ2n) is 6.54. The maximum atomic E-state index is 13.6. The van der Waals surface area contributed by atoms with E-state index in [1.165, 1.54) is 36.4 Å². The smallest absolute Gasteiger partial charge is 0.255 e. The minimum absolute atomic E-state index is 0.290. The molecule has 0 aliphatic carbocycles. The zero-order valence-electron chi connectivity index (χ0n) is 16.1. The van der Waals surface area contributed by atoms with Crippen molar-refractivity contribution in [2.45, 2.75) is 6.42 Å². The largest absolute Gasteiger partial charge is 0.352 e. The van der Waals surface area contributed by atoms with Gasteiger partial charge in [-0.2, -0.15) is 0 Å². The van der Waals surface area contributed by atoms with E-state index in [-0.39, 0.29) is 11.7 Å². The van der Waals surface area contributed by atoms with E-state index in [4.69, 9.17) is 0 Å². The molecule has 30 heavy (non-hydrogen) atoms. The molecular formula is C23H21FN2O3S. The lowest BCUT2D eigenvalue weighted by atomic mass is 10.1. The molecule has 0 saturated carbocycles. The van der Waals surface area contributed by atoms with Crippen LogP contribution in [-0.2, 0) is 16.4 Å². The Morgan fingerprint density at radius 2 is 1.57 bits per heavy atom. The summed E-state index contributed by atoms with van der Waals surface area (Å²) >= 11 is 0. The average molecular weight is 424 g/mol. The maximum absolute atomic E-state index is 13.6. The van der Waals surface area contributed by atoms with Crippen LogP contribution in [0.2, 0.25) is 0 Å². The third-order valence-electron chi connectivity index (χ3n) is 4.28. The molecule has 3 rings (SSSR count). The molecular weight excluding hydrogens is 403 g/mol. The highest BCUT2D eigenvalue weighted by atomic mass is 32.2. The van der Waals surface area contributed by atoms with Gasteiger partial charge in [0.15, 0.2) is 0 Å². The Morgan fingerprint density at radius 3 is 2.27 bits per heavy atom. The third kappa shape index (κ3) is 6.28. The fourth-order valence-corrected chi connectivity index (χ4v) is 3.60. The van der Waals surface area contributed by atoms with Crippen LogP contribution in [0.4, 0.5) is 10.1 Å². The van der Waals surface area contributed by atoms with Crippen molar-refractivity contribution in [2.24, 2.45) is 0 Å². The van der Waals surface area contributed by atoms with Gasteiger partial charge in [-0.3, -0.25) is 9.52 Å². The number of sulfonamides is 1. The molecule has 0 aliphatic rings. The second kappa shape index (κ2) is 9.84. The van der Waals surface area contributed by atoms with Crippen LogP contribution in [0.1, 0.15) is 21.5 Å². The summed E-state index contributed by atoms with van der Waals surface area (Å²) in [5, 5.41) is 3.81.